The molecule has 0 aliphatic rings. The largest absolute Gasteiger partial charge is 0.319 e. The lowest BCUT2D eigenvalue weighted by Crippen LogP contribution is -2.25. The van der Waals surface area contributed by atoms with E-state index in [4.69, 9.17) is 0 Å². The van der Waals surface area contributed by atoms with Crippen molar-refractivity contribution in [2.24, 2.45) is 11.8 Å². The number of rotatable bonds is 5. The van der Waals surface area contributed by atoms with Crippen LogP contribution < -0.4 is 5.32 Å². The van der Waals surface area contributed by atoms with E-state index in [1.807, 2.05) is 7.05 Å². The Morgan fingerprint density at radius 3 is 2.44 bits per heavy atom. The molecule has 0 radical (unpaired) electrons. The minimum atomic E-state index is 0.695. The van der Waals surface area contributed by atoms with Crippen molar-refractivity contribution in [2.45, 2.75) is 20.3 Å². The summed E-state index contributed by atoms with van der Waals surface area (Å²) in [4.78, 5) is 0. The molecule has 2 aromatic carbocycles. The van der Waals surface area contributed by atoms with Crippen molar-refractivity contribution in [3.8, 4) is 0 Å². The van der Waals surface area contributed by atoms with Crippen LogP contribution in [-0.2, 0) is 6.42 Å². The van der Waals surface area contributed by atoms with E-state index in [0.29, 0.717) is 11.8 Å². The molecule has 2 aromatic rings. The number of hydrogen-bond acceptors (Lipinski definition) is 1. The smallest absolute Gasteiger partial charge is 0.00179 e. The Kier molecular flexibility index (Phi) is 4.38. The van der Waals surface area contributed by atoms with Crippen LogP contribution in [0, 0.1) is 11.8 Å². The Hall–Kier alpha value is -1.34. The highest BCUT2D eigenvalue weighted by atomic mass is 14.8. The molecule has 0 saturated heterocycles. The van der Waals surface area contributed by atoms with Gasteiger partial charge in [-0.1, -0.05) is 56.3 Å². The van der Waals surface area contributed by atoms with Gasteiger partial charge in [-0.3, -0.25) is 0 Å². The molecule has 0 amide bonds. The van der Waals surface area contributed by atoms with Gasteiger partial charge in [0.25, 0.3) is 0 Å². The predicted molar refractivity (Wildman–Crippen MR) is 79.9 cm³/mol. The quantitative estimate of drug-likeness (QED) is 0.838. The number of hydrogen-bond donors (Lipinski definition) is 1. The van der Waals surface area contributed by atoms with Crippen LogP contribution in [-0.4, -0.2) is 13.6 Å². The number of nitrogens with one attached hydrogen (secondary N) is 1. The summed E-state index contributed by atoms with van der Waals surface area (Å²) in [5, 5.41) is 6.07. The molecule has 0 saturated carbocycles. The van der Waals surface area contributed by atoms with Gasteiger partial charge < -0.3 is 5.32 Å². The Balaban J connectivity index is 2.30. The summed E-state index contributed by atoms with van der Waals surface area (Å²) >= 11 is 0. The molecule has 0 fully saturated rings. The van der Waals surface area contributed by atoms with Crippen molar-refractivity contribution >= 4 is 10.8 Å². The minimum absolute atomic E-state index is 0.695. The Labute approximate surface area is 110 Å². The van der Waals surface area contributed by atoms with E-state index in [2.05, 4.69) is 61.6 Å². The maximum atomic E-state index is 3.32. The normalized spacial score (nSPS) is 13.1. The molecule has 1 unspecified atom stereocenters. The van der Waals surface area contributed by atoms with Crippen LogP contribution >= 0.6 is 0 Å². The molecule has 0 heterocycles. The highest BCUT2D eigenvalue weighted by Crippen LogP contribution is 2.23. The first-order valence-corrected chi connectivity index (χ1v) is 6.83. The molecule has 18 heavy (non-hydrogen) atoms. The zero-order valence-electron chi connectivity index (χ0n) is 11.6. The topological polar surface area (TPSA) is 12.0 Å². The van der Waals surface area contributed by atoms with Crippen LogP contribution in [0.5, 0.6) is 0 Å². The maximum Gasteiger partial charge on any atom is -0.00179 e. The highest BCUT2D eigenvalue weighted by Gasteiger charge is 2.14. The first kappa shape index (κ1) is 13.1. The van der Waals surface area contributed by atoms with Crippen LogP contribution in [0.1, 0.15) is 19.4 Å². The Morgan fingerprint density at radius 1 is 1.00 bits per heavy atom. The summed E-state index contributed by atoms with van der Waals surface area (Å²) in [6, 6.07) is 15.3. The van der Waals surface area contributed by atoms with Gasteiger partial charge in [-0.15, -0.1) is 0 Å². The van der Waals surface area contributed by atoms with Gasteiger partial charge >= 0.3 is 0 Å². The fourth-order valence-corrected chi connectivity index (χ4v) is 2.56. The fraction of sp³-hybridized carbons (Fsp3) is 0.412. The van der Waals surface area contributed by atoms with Crippen molar-refractivity contribution < 1.29 is 0 Å². The first-order valence-electron chi connectivity index (χ1n) is 6.83. The molecule has 0 aromatic heterocycles. The van der Waals surface area contributed by atoms with Gasteiger partial charge in [0.2, 0.25) is 0 Å². The second-order valence-electron chi connectivity index (χ2n) is 5.40. The van der Waals surface area contributed by atoms with Crippen LogP contribution in [0.15, 0.2) is 42.5 Å². The van der Waals surface area contributed by atoms with E-state index >= 15 is 0 Å². The molecule has 96 valence electrons. The molecule has 1 atom stereocenters. The van der Waals surface area contributed by atoms with E-state index in [1.54, 1.807) is 0 Å². The molecule has 0 aliphatic heterocycles. The highest BCUT2D eigenvalue weighted by molar-refractivity contribution is 5.85. The first-order chi connectivity index (χ1) is 8.72. The third kappa shape index (κ3) is 2.91. The molecular formula is C17H23N. The van der Waals surface area contributed by atoms with Crippen LogP contribution in [0.2, 0.25) is 0 Å². The standard InChI is InChI=1S/C17H23N/c1-13(2)16(12-18-3)11-15-9-6-8-14-7-4-5-10-17(14)15/h4-10,13,16,18H,11-12H2,1-3H3. The number of benzene rings is 2. The summed E-state index contributed by atoms with van der Waals surface area (Å²) in [5.74, 6) is 1.40. The van der Waals surface area contributed by atoms with Gasteiger partial charge in [0, 0.05) is 0 Å². The lowest BCUT2D eigenvalue weighted by molar-refractivity contribution is 0.371. The summed E-state index contributed by atoms with van der Waals surface area (Å²) in [6.45, 7) is 5.71. The van der Waals surface area contributed by atoms with Gasteiger partial charge in [0.1, 0.15) is 0 Å². The Bertz CT molecular complexity index is 496. The molecule has 0 spiro atoms. The van der Waals surface area contributed by atoms with E-state index in [1.165, 1.54) is 16.3 Å². The second kappa shape index (κ2) is 6.01. The average molecular weight is 241 g/mol. The van der Waals surface area contributed by atoms with E-state index in [0.717, 1.165) is 13.0 Å². The number of fused-ring (bicyclic) bond motifs is 1. The lowest BCUT2D eigenvalue weighted by Gasteiger charge is -2.21. The van der Waals surface area contributed by atoms with Crippen LogP contribution in [0.4, 0.5) is 0 Å². The summed E-state index contributed by atoms with van der Waals surface area (Å²) in [5.41, 5.74) is 1.47. The summed E-state index contributed by atoms with van der Waals surface area (Å²) in [7, 11) is 2.04. The molecule has 1 N–H and O–H groups in total. The van der Waals surface area contributed by atoms with Crippen molar-refractivity contribution in [1.29, 1.82) is 0 Å². The van der Waals surface area contributed by atoms with Gasteiger partial charge in [0.05, 0.1) is 0 Å². The predicted octanol–water partition coefficient (Wildman–Crippen LogP) is 3.87. The summed E-state index contributed by atoms with van der Waals surface area (Å²) < 4.78 is 0. The molecular weight excluding hydrogens is 218 g/mol. The zero-order valence-corrected chi connectivity index (χ0v) is 11.6. The molecule has 1 heteroatoms. The Morgan fingerprint density at radius 2 is 1.72 bits per heavy atom. The fourth-order valence-electron chi connectivity index (χ4n) is 2.56. The van der Waals surface area contributed by atoms with Gasteiger partial charge in [0.15, 0.2) is 0 Å². The molecule has 0 aliphatic carbocycles. The van der Waals surface area contributed by atoms with E-state index < -0.39 is 0 Å². The third-order valence-electron chi connectivity index (χ3n) is 3.77. The molecule has 2 rings (SSSR count). The SMILES string of the molecule is CNCC(Cc1cccc2ccccc12)C(C)C. The van der Waals surface area contributed by atoms with Gasteiger partial charge in [-0.2, -0.15) is 0 Å². The van der Waals surface area contributed by atoms with Crippen molar-refractivity contribution in [1.82, 2.24) is 5.32 Å². The molecule has 1 nitrogen and oxygen atoms in total. The lowest BCUT2D eigenvalue weighted by atomic mass is 9.87. The van der Waals surface area contributed by atoms with Gasteiger partial charge in [-0.25, -0.2) is 0 Å². The van der Waals surface area contributed by atoms with Gasteiger partial charge in [-0.05, 0) is 48.2 Å². The average Bonchev–Trinajstić information content (AvgIpc) is 2.38. The van der Waals surface area contributed by atoms with E-state index in [-0.39, 0.29) is 0 Å². The molecule has 0 bridgehead atoms. The maximum absolute atomic E-state index is 3.32. The van der Waals surface area contributed by atoms with Crippen LogP contribution in [0.3, 0.4) is 0 Å². The summed E-state index contributed by atoms with van der Waals surface area (Å²) in [6.07, 6.45) is 1.15. The second-order valence-corrected chi connectivity index (χ2v) is 5.40. The van der Waals surface area contributed by atoms with Crippen LogP contribution in [0.25, 0.3) is 10.8 Å². The zero-order chi connectivity index (χ0) is 13.0. The van der Waals surface area contributed by atoms with Crippen molar-refractivity contribution in [3.63, 3.8) is 0 Å². The third-order valence-corrected chi connectivity index (χ3v) is 3.77. The van der Waals surface area contributed by atoms with Crippen molar-refractivity contribution in [3.05, 3.63) is 48.0 Å². The van der Waals surface area contributed by atoms with Crippen molar-refractivity contribution in [2.75, 3.05) is 13.6 Å². The minimum Gasteiger partial charge on any atom is -0.319 e. The van der Waals surface area contributed by atoms with E-state index in [9.17, 15) is 0 Å². The monoisotopic (exact) mass is 241 g/mol.